The van der Waals surface area contributed by atoms with Crippen molar-refractivity contribution in [2.24, 2.45) is 0 Å². The largest absolute Gasteiger partial charge is 0.478 e. The van der Waals surface area contributed by atoms with Gasteiger partial charge in [-0.15, -0.1) is 0 Å². The van der Waals surface area contributed by atoms with E-state index >= 15 is 0 Å². The van der Waals surface area contributed by atoms with E-state index in [2.05, 4.69) is 4.72 Å². The molecule has 0 aromatic heterocycles. The van der Waals surface area contributed by atoms with E-state index in [9.17, 15) is 17.6 Å². The molecule has 0 spiro atoms. The van der Waals surface area contributed by atoms with Gasteiger partial charge in [0.15, 0.2) is 0 Å². The molecular formula is C17H18FNO4S. The van der Waals surface area contributed by atoms with Crippen molar-refractivity contribution in [2.45, 2.75) is 31.2 Å². The highest BCUT2D eigenvalue weighted by Gasteiger charge is 2.22. The van der Waals surface area contributed by atoms with E-state index in [0.29, 0.717) is 5.56 Å². The van der Waals surface area contributed by atoms with E-state index in [-0.39, 0.29) is 16.0 Å². The summed E-state index contributed by atoms with van der Waals surface area (Å²) in [5.74, 6) is -1.89. The van der Waals surface area contributed by atoms with Crippen molar-refractivity contribution in [3.63, 3.8) is 0 Å². The van der Waals surface area contributed by atoms with E-state index in [1.54, 1.807) is 20.8 Å². The molecule has 0 aliphatic rings. The van der Waals surface area contributed by atoms with Gasteiger partial charge in [0.25, 0.3) is 0 Å². The van der Waals surface area contributed by atoms with E-state index in [0.717, 1.165) is 6.07 Å². The molecule has 2 aromatic rings. The molecule has 2 rings (SSSR count). The van der Waals surface area contributed by atoms with Crippen LogP contribution in [0.3, 0.4) is 0 Å². The lowest BCUT2D eigenvalue weighted by Crippen LogP contribution is -2.40. The van der Waals surface area contributed by atoms with Gasteiger partial charge in [0, 0.05) is 11.1 Å². The summed E-state index contributed by atoms with van der Waals surface area (Å²) in [6.07, 6.45) is 0. The minimum absolute atomic E-state index is 0.0729. The molecule has 0 saturated heterocycles. The number of carbonyl (C=O) groups is 1. The molecule has 7 heteroatoms. The molecule has 0 saturated carbocycles. The first-order valence-electron chi connectivity index (χ1n) is 7.17. The van der Waals surface area contributed by atoms with Crippen molar-refractivity contribution < 1.29 is 22.7 Å². The smallest absolute Gasteiger partial charge is 0.335 e. The number of carboxylic acids is 1. The summed E-state index contributed by atoms with van der Waals surface area (Å²) >= 11 is 0. The molecule has 2 aromatic carbocycles. The number of sulfonamides is 1. The van der Waals surface area contributed by atoms with E-state index in [1.165, 1.54) is 36.4 Å². The summed E-state index contributed by atoms with van der Waals surface area (Å²) in [4.78, 5) is 10.9. The monoisotopic (exact) mass is 351 g/mol. The van der Waals surface area contributed by atoms with Gasteiger partial charge in [-0.25, -0.2) is 22.3 Å². The Labute approximate surface area is 140 Å². The molecule has 0 heterocycles. The summed E-state index contributed by atoms with van der Waals surface area (Å²) in [6.45, 7) is 5.20. The Balaban J connectivity index is 2.35. The first-order chi connectivity index (χ1) is 11.0. The number of carboxylic acid groups (broad SMARTS) is 1. The van der Waals surface area contributed by atoms with Crippen molar-refractivity contribution in [1.29, 1.82) is 0 Å². The third-order valence-corrected chi connectivity index (χ3v) is 4.91. The van der Waals surface area contributed by atoms with Gasteiger partial charge in [0.2, 0.25) is 10.0 Å². The van der Waals surface area contributed by atoms with Crippen molar-refractivity contribution in [3.05, 3.63) is 53.8 Å². The average Bonchev–Trinajstić information content (AvgIpc) is 2.44. The number of benzene rings is 2. The summed E-state index contributed by atoms with van der Waals surface area (Å²) in [7, 11) is -3.67. The van der Waals surface area contributed by atoms with E-state index in [1.807, 2.05) is 0 Å². The zero-order valence-electron chi connectivity index (χ0n) is 13.5. The van der Waals surface area contributed by atoms with Crippen LogP contribution in [0.15, 0.2) is 47.4 Å². The molecule has 0 aliphatic carbocycles. The molecular weight excluding hydrogens is 333 g/mol. The van der Waals surface area contributed by atoms with Crippen molar-refractivity contribution in [3.8, 4) is 11.1 Å². The molecule has 0 unspecified atom stereocenters. The second kappa shape index (κ2) is 6.33. The van der Waals surface area contributed by atoms with Crippen molar-refractivity contribution in [2.75, 3.05) is 0 Å². The first-order valence-corrected chi connectivity index (χ1v) is 8.65. The predicted octanol–water partition coefficient (Wildman–Crippen LogP) is 3.27. The number of aromatic carboxylic acids is 1. The average molecular weight is 351 g/mol. The summed E-state index contributed by atoms with van der Waals surface area (Å²) < 4.78 is 41.1. The third-order valence-electron chi connectivity index (χ3n) is 3.13. The standard InChI is InChI=1S/C17H18FNO4S/c1-17(2,3)19-24(22,23)13-7-4-11(5-8-13)14-9-6-12(16(20)21)10-15(14)18/h4-10,19H,1-3H3,(H,20,21). The fourth-order valence-corrected chi connectivity index (χ4v) is 3.58. The minimum atomic E-state index is -3.67. The molecule has 0 fully saturated rings. The second-order valence-electron chi connectivity index (χ2n) is 6.38. The normalized spacial score (nSPS) is 12.2. The molecule has 0 aliphatic heterocycles. The van der Waals surface area contributed by atoms with Crippen LogP contribution < -0.4 is 4.72 Å². The number of hydrogen-bond donors (Lipinski definition) is 2. The fourth-order valence-electron chi connectivity index (χ4n) is 2.16. The summed E-state index contributed by atoms with van der Waals surface area (Å²) in [5.41, 5.74) is -0.104. The molecule has 24 heavy (non-hydrogen) atoms. The number of nitrogens with one attached hydrogen (secondary N) is 1. The van der Waals surface area contributed by atoms with Crippen LogP contribution in [0.4, 0.5) is 4.39 Å². The molecule has 0 atom stereocenters. The van der Waals surface area contributed by atoms with Gasteiger partial charge < -0.3 is 5.11 Å². The maximum atomic E-state index is 14.1. The van der Waals surface area contributed by atoms with Gasteiger partial charge in [-0.2, -0.15) is 0 Å². The fraction of sp³-hybridized carbons (Fsp3) is 0.235. The topological polar surface area (TPSA) is 83.5 Å². The minimum Gasteiger partial charge on any atom is -0.478 e. The van der Waals surface area contributed by atoms with Crippen LogP contribution in [0.5, 0.6) is 0 Å². The molecule has 128 valence electrons. The lowest BCUT2D eigenvalue weighted by molar-refractivity contribution is 0.0696. The Bertz CT molecular complexity index is 868. The van der Waals surface area contributed by atoms with Gasteiger partial charge in [0.1, 0.15) is 5.82 Å². The van der Waals surface area contributed by atoms with E-state index in [4.69, 9.17) is 5.11 Å². The quantitative estimate of drug-likeness (QED) is 0.885. The Kier molecular flexibility index (Phi) is 4.77. The molecule has 2 N–H and O–H groups in total. The molecule has 5 nitrogen and oxygen atoms in total. The third kappa shape index (κ3) is 4.18. The Morgan fingerprint density at radius 2 is 1.67 bits per heavy atom. The Morgan fingerprint density at radius 3 is 2.12 bits per heavy atom. The van der Waals surface area contributed by atoms with Gasteiger partial charge >= 0.3 is 5.97 Å². The molecule has 0 radical (unpaired) electrons. The number of hydrogen-bond acceptors (Lipinski definition) is 3. The van der Waals surface area contributed by atoms with Crippen LogP contribution in [0, 0.1) is 5.82 Å². The maximum absolute atomic E-state index is 14.1. The highest BCUT2D eigenvalue weighted by molar-refractivity contribution is 7.89. The Morgan fingerprint density at radius 1 is 1.08 bits per heavy atom. The second-order valence-corrected chi connectivity index (χ2v) is 8.06. The number of halogens is 1. The molecule has 0 bridgehead atoms. The maximum Gasteiger partial charge on any atom is 0.335 e. The van der Waals surface area contributed by atoms with Crippen LogP contribution in [-0.4, -0.2) is 25.0 Å². The van der Waals surface area contributed by atoms with Crippen LogP contribution in [-0.2, 0) is 10.0 Å². The summed E-state index contributed by atoms with van der Waals surface area (Å²) in [6, 6.07) is 9.32. The van der Waals surface area contributed by atoms with Crippen molar-refractivity contribution >= 4 is 16.0 Å². The number of rotatable bonds is 4. The van der Waals surface area contributed by atoms with Crippen molar-refractivity contribution in [1.82, 2.24) is 4.72 Å². The summed E-state index contributed by atoms with van der Waals surface area (Å²) in [5, 5.41) is 8.85. The predicted molar refractivity (Wildman–Crippen MR) is 88.9 cm³/mol. The van der Waals surface area contributed by atoms with Gasteiger partial charge in [-0.3, -0.25) is 0 Å². The first kappa shape index (κ1) is 18.1. The zero-order chi connectivity index (χ0) is 18.1. The SMILES string of the molecule is CC(C)(C)NS(=O)(=O)c1ccc(-c2ccc(C(=O)O)cc2F)cc1. The highest BCUT2D eigenvalue weighted by Crippen LogP contribution is 2.25. The van der Waals surface area contributed by atoms with Crippen LogP contribution >= 0.6 is 0 Å². The zero-order valence-corrected chi connectivity index (χ0v) is 14.3. The molecule has 0 amide bonds. The lowest BCUT2D eigenvalue weighted by atomic mass is 10.0. The van der Waals surface area contributed by atoms with Crippen LogP contribution in [0.25, 0.3) is 11.1 Å². The van der Waals surface area contributed by atoms with Crippen LogP contribution in [0.2, 0.25) is 0 Å². The lowest BCUT2D eigenvalue weighted by Gasteiger charge is -2.20. The Hall–Kier alpha value is -2.25. The van der Waals surface area contributed by atoms with Gasteiger partial charge in [0.05, 0.1) is 10.5 Å². The van der Waals surface area contributed by atoms with Gasteiger partial charge in [-0.05, 0) is 50.6 Å². The van der Waals surface area contributed by atoms with Crippen LogP contribution in [0.1, 0.15) is 31.1 Å². The van der Waals surface area contributed by atoms with E-state index < -0.39 is 27.3 Å². The highest BCUT2D eigenvalue weighted by atomic mass is 32.2. The van der Waals surface area contributed by atoms with Gasteiger partial charge in [-0.1, -0.05) is 18.2 Å².